The van der Waals surface area contributed by atoms with Gasteiger partial charge in [0.1, 0.15) is 5.69 Å². The van der Waals surface area contributed by atoms with Crippen LogP contribution in [0.4, 0.5) is 0 Å². The zero-order chi connectivity index (χ0) is 15.1. The number of aliphatic carboxylic acids is 1. The molecule has 0 aliphatic rings. The number of aromatic nitrogens is 1. The summed E-state index contributed by atoms with van der Waals surface area (Å²) in [5, 5.41) is 10.9. The quantitative estimate of drug-likeness (QED) is 0.738. The summed E-state index contributed by atoms with van der Waals surface area (Å²) in [6.07, 6.45) is 3.74. The van der Waals surface area contributed by atoms with Crippen LogP contribution < -0.4 is 5.32 Å². The van der Waals surface area contributed by atoms with E-state index >= 15 is 0 Å². The molecule has 106 valence electrons. The van der Waals surface area contributed by atoms with Crippen molar-refractivity contribution < 1.29 is 19.5 Å². The Kier molecular flexibility index (Phi) is 5.40. The second-order valence-electron chi connectivity index (χ2n) is 3.98. The lowest BCUT2D eigenvalue weighted by Gasteiger charge is -2.15. The van der Waals surface area contributed by atoms with Crippen molar-refractivity contribution in [3.8, 4) is 0 Å². The molecule has 2 amide bonds. The minimum Gasteiger partial charge on any atom is -0.478 e. The summed E-state index contributed by atoms with van der Waals surface area (Å²) in [7, 11) is 2.99. The number of nitrogens with zero attached hydrogens (tertiary/aromatic N) is 2. The van der Waals surface area contributed by atoms with Crippen molar-refractivity contribution in [2.45, 2.75) is 0 Å². The molecule has 0 unspecified atom stereocenters. The molecule has 0 radical (unpaired) electrons. The summed E-state index contributed by atoms with van der Waals surface area (Å²) in [5.74, 6) is -1.72. The highest BCUT2D eigenvalue weighted by atomic mass is 16.4. The van der Waals surface area contributed by atoms with Crippen LogP contribution in [0.25, 0.3) is 6.08 Å². The predicted molar refractivity (Wildman–Crippen MR) is 71.9 cm³/mol. The van der Waals surface area contributed by atoms with Crippen molar-refractivity contribution in [2.24, 2.45) is 0 Å². The molecule has 20 heavy (non-hydrogen) atoms. The Bertz CT molecular complexity index is 537. The highest BCUT2D eigenvalue weighted by Gasteiger charge is 2.15. The van der Waals surface area contributed by atoms with Gasteiger partial charge in [0.25, 0.3) is 5.91 Å². The van der Waals surface area contributed by atoms with Crippen LogP contribution in [0.5, 0.6) is 0 Å². The zero-order valence-electron chi connectivity index (χ0n) is 11.2. The standard InChI is InChI=1S/C13H15N3O4/c1-14-11(17)8-16(2)13(20)10-5-3-9(7-15-10)4-6-12(18)19/h3-7H,8H2,1-2H3,(H,14,17)(H,18,19). The number of likely N-dealkylation sites (N-methyl/N-ethyl adjacent to an activating group) is 2. The van der Waals surface area contributed by atoms with Crippen molar-refractivity contribution in [1.82, 2.24) is 15.2 Å². The van der Waals surface area contributed by atoms with E-state index in [-0.39, 0.29) is 24.1 Å². The SMILES string of the molecule is CNC(=O)CN(C)C(=O)c1ccc(C=CC(=O)O)cn1. The van der Waals surface area contributed by atoms with E-state index in [0.29, 0.717) is 5.56 Å². The van der Waals surface area contributed by atoms with Gasteiger partial charge in [-0.05, 0) is 17.7 Å². The molecule has 0 aromatic carbocycles. The van der Waals surface area contributed by atoms with Crippen LogP contribution in [-0.2, 0) is 9.59 Å². The Morgan fingerprint density at radius 3 is 2.60 bits per heavy atom. The van der Waals surface area contributed by atoms with Crippen molar-refractivity contribution in [3.05, 3.63) is 35.7 Å². The summed E-state index contributed by atoms with van der Waals surface area (Å²) in [5.41, 5.74) is 0.752. The maximum Gasteiger partial charge on any atom is 0.328 e. The molecule has 1 aromatic heterocycles. The van der Waals surface area contributed by atoms with Gasteiger partial charge in [0.15, 0.2) is 0 Å². The van der Waals surface area contributed by atoms with Gasteiger partial charge in [-0.1, -0.05) is 6.07 Å². The molecule has 2 N–H and O–H groups in total. The molecular weight excluding hydrogens is 262 g/mol. The molecule has 7 heteroatoms. The van der Waals surface area contributed by atoms with E-state index in [9.17, 15) is 14.4 Å². The van der Waals surface area contributed by atoms with Gasteiger partial charge in [0, 0.05) is 26.4 Å². The fraction of sp³-hybridized carbons (Fsp3) is 0.231. The number of carboxylic acid groups (broad SMARTS) is 1. The van der Waals surface area contributed by atoms with E-state index < -0.39 is 5.97 Å². The molecule has 0 bridgehead atoms. The van der Waals surface area contributed by atoms with E-state index in [4.69, 9.17) is 5.11 Å². The molecule has 0 saturated heterocycles. The molecule has 0 saturated carbocycles. The molecule has 1 rings (SSSR count). The average Bonchev–Trinajstić information content (AvgIpc) is 2.44. The van der Waals surface area contributed by atoms with Crippen LogP contribution in [0, 0.1) is 0 Å². The number of carbonyl (C=O) groups excluding carboxylic acids is 2. The predicted octanol–water partition coefficient (Wildman–Crippen LogP) is -0.00260. The second-order valence-corrected chi connectivity index (χ2v) is 3.98. The van der Waals surface area contributed by atoms with Gasteiger partial charge in [-0.15, -0.1) is 0 Å². The molecule has 0 aliphatic carbocycles. The maximum atomic E-state index is 11.9. The number of hydrogen-bond donors (Lipinski definition) is 2. The smallest absolute Gasteiger partial charge is 0.328 e. The first-order chi connectivity index (χ1) is 9.43. The summed E-state index contributed by atoms with van der Waals surface area (Å²) in [6, 6.07) is 3.05. The number of carbonyl (C=O) groups is 3. The number of pyridine rings is 1. The Hall–Kier alpha value is -2.70. The van der Waals surface area contributed by atoms with E-state index in [1.807, 2.05) is 0 Å². The van der Waals surface area contributed by atoms with Crippen molar-refractivity contribution in [1.29, 1.82) is 0 Å². The first-order valence-electron chi connectivity index (χ1n) is 5.77. The van der Waals surface area contributed by atoms with Gasteiger partial charge in [-0.3, -0.25) is 14.6 Å². The lowest BCUT2D eigenvalue weighted by Crippen LogP contribution is -2.37. The fourth-order valence-electron chi connectivity index (χ4n) is 1.36. The van der Waals surface area contributed by atoms with E-state index in [1.165, 1.54) is 37.3 Å². The Labute approximate surface area is 115 Å². The third-order valence-electron chi connectivity index (χ3n) is 2.43. The maximum absolute atomic E-state index is 11.9. The highest BCUT2D eigenvalue weighted by molar-refractivity contribution is 5.94. The number of amides is 2. The van der Waals surface area contributed by atoms with Crippen molar-refractivity contribution in [2.75, 3.05) is 20.6 Å². The number of hydrogen-bond acceptors (Lipinski definition) is 4. The van der Waals surface area contributed by atoms with Crippen LogP contribution in [0.3, 0.4) is 0 Å². The third kappa shape index (κ3) is 4.52. The lowest BCUT2D eigenvalue weighted by atomic mass is 10.2. The Morgan fingerprint density at radius 2 is 2.10 bits per heavy atom. The Balaban J connectivity index is 2.75. The van der Waals surface area contributed by atoms with Gasteiger partial charge < -0.3 is 15.3 Å². The normalized spacial score (nSPS) is 10.3. The molecule has 1 aromatic rings. The Morgan fingerprint density at radius 1 is 1.40 bits per heavy atom. The summed E-state index contributed by atoms with van der Waals surface area (Å²) in [6.45, 7) is -0.0579. The third-order valence-corrected chi connectivity index (χ3v) is 2.43. The van der Waals surface area contributed by atoms with E-state index in [1.54, 1.807) is 6.07 Å². The molecule has 0 atom stereocenters. The molecule has 0 aliphatic heterocycles. The molecular formula is C13H15N3O4. The van der Waals surface area contributed by atoms with Gasteiger partial charge in [-0.25, -0.2) is 4.79 Å². The van der Waals surface area contributed by atoms with Crippen LogP contribution >= 0.6 is 0 Å². The topological polar surface area (TPSA) is 99.6 Å². The van der Waals surface area contributed by atoms with Gasteiger partial charge in [0.05, 0.1) is 6.54 Å². The number of rotatable bonds is 5. The molecule has 0 spiro atoms. The second kappa shape index (κ2) is 7.03. The minimum atomic E-state index is -1.06. The number of nitrogens with one attached hydrogen (secondary N) is 1. The molecule has 1 heterocycles. The average molecular weight is 277 g/mol. The summed E-state index contributed by atoms with van der Waals surface area (Å²) >= 11 is 0. The summed E-state index contributed by atoms with van der Waals surface area (Å²) in [4.78, 5) is 38.7. The van der Waals surface area contributed by atoms with Gasteiger partial charge in [-0.2, -0.15) is 0 Å². The first-order valence-corrected chi connectivity index (χ1v) is 5.77. The largest absolute Gasteiger partial charge is 0.478 e. The fourth-order valence-corrected chi connectivity index (χ4v) is 1.36. The highest BCUT2D eigenvalue weighted by Crippen LogP contribution is 2.05. The minimum absolute atomic E-state index is 0.0579. The molecule has 7 nitrogen and oxygen atoms in total. The van der Waals surface area contributed by atoms with Crippen molar-refractivity contribution >= 4 is 23.9 Å². The van der Waals surface area contributed by atoms with Crippen LogP contribution in [-0.4, -0.2) is 53.4 Å². The van der Waals surface area contributed by atoms with Gasteiger partial charge in [0.2, 0.25) is 5.91 Å². The summed E-state index contributed by atoms with van der Waals surface area (Å²) < 4.78 is 0. The monoisotopic (exact) mass is 277 g/mol. The molecule has 0 fully saturated rings. The van der Waals surface area contributed by atoms with Crippen LogP contribution in [0.1, 0.15) is 16.1 Å². The van der Waals surface area contributed by atoms with Crippen molar-refractivity contribution in [3.63, 3.8) is 0 Å². The first kappa shape index (κ1) is 15.4. The lowest BCUT2D eigenvalue weighted by molar-refractivity contribution is -0.131. The zero-order valence-corrected chi connectivity index (χ0v) is 11.2. The van der Waals surface area contributed by atoms with E-state index in [0.717, 1.165) is 6.08 Å². The van der Waals surface area contributed by atoms with Crippen LogP contribution in [0.15, 0.2) is 24.4 Å². The van der Waals surface area contributed by atoms with E-state index in [2.05, 4.69) is 10.3 Å². The number of carboxylic acids is 1. The van der Waals surface area contributed by atoms with Gasteiger partial charge >= 0.3 is 5.97 Å². The van der Waals surface area contributed by atoms with Crippen LogP contribution in [0.2, 0.25) is 0 Å².